The van der Waals surface area contributed by atoms with Crippen molar-refractivity contribution in [1.82, 2.24) is 10.1 Å². The third-order valence-corrected chi connectivity index (χ3v) is 2.32. The van der Waals surface area contributed by atoms with E-state index >= 15 is 0 Å². The van der Waals surface area contributed by atoms with Gasteiger partial charge in [0.15, 0.2) is 5.82 Å². The first-order valence-electron chi connectivity index (χ1n) is 4.36. The molecule has 2 N–H and O–H groups in total. The zero-order valence-electron chi connectivity index (χ0n) is 7.16. The van der Waals surface area contributed by atoms with Gasteiger partial charge in [0.25, 0.3) is 0 Å². The lowest BCUT2D eigenvalue weighted by molar-refractivity contribution is 0.338. The average Bonchev–Trinajstić information content (AvgIpc) is 2.32. The molecule has 0 saturated heterocycles. The fourth-order valence-corrected chi connectivity index (χ4v) is 1.26. The van der Waals surface area contributed by atoms with E-state index in [1.807, 2.05) is 6.92 Å². The van der Waals surface area contributed by atoms with E-state index in [4.69, 9.17) is 10.3 Å². The first-order chi connectivity index (χ1) is 5.77. The van der Waals surface area contributed by atoms with E-state index in [2.05, 4.69) is 10.1 Å². The Morgan fingerprint density at radius 3 is 2.75 bits per heavy atom. The van der Waals surface area contributed by atoms with Gasteiger partial charge < -0.3 is 10.3 Å². The second kappa shape index (κ2) is 2.86. The molecule has 0 spiro atoms. The van der Waals surface area contributed by atoms with Crippen LogP contribution >= 0.6 is 0 Å². The Morgan fingerprint density at radius 2 is 2.33 bits per heavy atom. The summed E-state index contributed by atoms with van der Waals surface area (Å²) in [5.74, 6) is 1.92. The van der Waals surface area contributed by atoms with E-state index in [-0.39, 0.29) is 6.04 Å². The summed E-state index contributed by atoms with van der Waals surface area (Å²) in [6.45, 7) is 1.85. The van der Waals surface area contributed by atoms with Crippen LogP contribution in [-0.4, -0.2) is 10.1 Å². The summed E-state index contributed by atoms with van der Waals surface area (Å²) >= 11 is 0. The van der Waals surface area contributed by atoms with E-state index in [0.29, 0.717) is 11.8 Å². The van der Waals surface area contributed by atoms with Crippen molar-refractivity contribution in [2.24, 2.45) is 5.73 Å². The summed E-state index contributed by atoms with van der Waals surface area (Å²) in [4.78, 5) is 4.23. The van der Waals surface area contributed by atoms with Gasteiger partial charge in [0.1, 0.15) is 0 Å². The zero-order valence-corrected chi connectivity index (χ0v) is 7.16. The first kappa shape index (κ1) is 7.73. The third kappa shape index (κ3) is 1.22. The van der Waals surface area contributed by atoms with Crippen molar-refractivity contribution in [1.29, 1.82) is 0 Å². The summed E-state index contributed by atoms with van der Waals surface area (Å²) in [6.07, 6.45) is 3.67. The summed E-state index contributed by atoms with van der Waals surface area (Å²) in [6, 6.07) is -0.147. The van der Waals surface area contributed by atoms with Gasteiger partial charge in [-0.25, -0.2) is 0 Å². The second-order valence-electron chi connectivity index (χ2n) is 3.41. The van der Waals surface area contributed by atoms with Crippen molar-refractivity contribution < 1.29 is 4.52 Å². The number of hydrogen-bond donors (Lipinski definition) is 1. The van der Waals surface area contributed by atoms with Crippen molar-refractivity contribution in [2.45, 2.75) is 38.1 Å². The van der Waals surface area contributed by atoms with Crippen molar-refractivity contribution in [3.8, 4) is 0 Å². The lowest BCUT2D eigenvalue weighted by atomic mass is 9.85. The normalized spacial score (nSPS) is 20.5. The minimum Gasteiger partial charge on any atom is -0.338 e. The monoisotopic (exact) mass is 167 g/mol. The molecule has 0 radical (unpaired) electrons. The van der Waals surface area contributed by atoms with E-state index in [0.717, 1.165) is 5.82 Å². The number of aromatic nitrogens is 2. The molecule has 2 rings (SSSR count). The summed E-state index contributed by atoms with van der Waals surface area (Å²) in [5.41, 5.74) is 5.59. The summed E-state index contributed by atoms with van der Waals surface area (Å²) in [7, 11) is 0. The van der Waals surface area contributed by atoms with E-state index < -0.39 is 0 Å². The van der Waals surface area contributed by atoms with Crippen LogP contribution in [0.2, 0.25) is 0 Å². The molecule has 0 bridgehead atoms. The molecule has 12 heavy (non-hydrogen) atoms. The van der Waals surface area contributed by atoms with Crippen LogP contribution in [0.4, 0.5) is 0 Å². The van der Waals surface area contributed by atoms with Crippen LogP contribution in [0.15, 0.2) is 4.52 Å². The fourth-order valence-electron chi connectivity index (χ4n) is 1.26. The fraction of sp³-hybridized carbons (Fsp3) is 0.750. The highest BCUT2D eigenvalue weighted by Gasteiger charge is 2.25. The summed E-state index contributed by atoms with van der Waals surface area (Å²) in [5, 5.41) is 3.89. The lowest BCUT2D eigenvalue weighted by Crippen LogP contribution is -2.11. The number of rotatable bonds is 2. The maximum atomic E-state index is 5.59. The molecule has 1 aliphatic carbocycles. The molecule has 0 aromatic carbocycles. The number of nitrogens with two attached hydrogens (primary N) is 1. The predicted octanol–water partition coefficient (Wildman–Crippen LogP) is 1.36. The van der Waals surface area contributed by atoms with Crippen LogP contribution in [0.3, 0.4) is 0 Å². The molecule has 4 nitrogen and oxygen atoms in total. The third-order valence-electron chi connectivity index (χ3n) is 2.32. The minimum absolute atomic E-state index is 0.147. The lowest BCUT2D eigenvalue weighted by Gasteiger charge is -2.20. The number of nitrogens with zero attached hydrogens (tertiary/aromatic N) is 2. The molecule has 0 aliphatic heterocycles. The molecule has 1 aromatic rings. The number of hydrogen-bond acceptors (Lipinski definition) is 4. The highest BCUT2D eigenvalue weighted by atomic mass is 16.5. The van der Waals surface area contributed by atoms with Gasteiger partial charge >= 0.3 is 0 Å². The van der Waals surface area contributed by atoms with Gasteiger partial charge in [-0.15, -0.1) is 0 Å². The van der Waals surface area contributed by atoms with Crippen LogP contribution in [0.1, 0.15) is 49.9 Å². The standard InChI is InChI=1S/C8H13N3O/c1-5(9)8-10-7(11-12-8)6-3-2-4-6/h5-6H,2-4,9H2,1H3/t5-/m1/s1. The van der Waals surface area contributed by atoms with Gasteiger partial charge in [-0.2, -0.15) is 4.98 Å². The Bertz CT molecular complexity index is 265. The Labute approximate surface area is 71.1 Å². The van der Waals surface area contributed by atoms with Crippen LogP contribution in [0, 0.1) is 0 Å². The van der Waals surface area contributed by atoms with Crippen molar-refractivity contribution in [3.05, 3.63) is 11.7 Å². The van der Waals surface area contributed by atoms with E-state index in [1.54, 1.807) is 0 Å². The van der Waals surface area contributed by atoms with Crippen molar-refractivity contribution in [3.63, 3.8) is 0 Å². The maximum Gasteiger partial charge on any atom is 0.243 e. The van der Waals surface area contributed by atoms with Crippen LogP contribution in [-0.2, 0) is 0 Å². The smallest absolute Gasteiger partial charge is 0.243 e. The maximum absolute atomic E-state index is 5.59. The van der Waals surface area contributed by atoms with Gasteiger partial charge in [-0.3, -0.25) is 0 Å². The zero-order chi connectivity index (χ0) is 8.55. The largest absolute Gasteiger partial charge is 0.338 e. The Balaban J connectivity index is 2.12. The van der Waals surface area contributed by atoms with Crippen LogP contribution in [0.25, 0.3) is 0 Å². The van der Waals surface area contributed by atoms with Gasteiger partial charge in [-0.1, -0.05) is 11.6 Å². The molecule has 1 fully saturated rings. The average molecular weight is 167 g/mol. The molecule has 4 heteroatoms. The first-order valence-corrected chi connectivity index (χ1v) is 4.36. The molecular weight excluding hydrogens is 154 g/mol. The second-order valence-corrected chi connectivity index (χ2v) is 3.41. The molecule has 1 atom stereocenters. The molecule has 1 aliphatic rings. The van der Waals surface area contributed by atoms with Gasteiger partial charge in [0.2, 0.25) is 5.89 Å². The van der Waals surface area contributed by atoms with Crippen LogP contribution < -0.4 is 5.73 Å². The molecule has 1 aromatic heterocycles. The van der Waals surface area contributed by atoms with E-state index in [9.17, 15) is 0 Å². The molecule has 1 heterocycles. The molecule has 1 saturated carbocycles. The van der Waals surface area contributed by atoms with Crippen LogP contribution in [0.5, 0.6) is 0 Å². The van der Waals surface area contributed by atoms with Gasteiger partial charge in [-0.05, 0) is 19.8 Å². The SMILES string of the molecule is C[C@@H](N)c1nc(C2CCC2)no1. The molecular formula is C8H13N3O. The summed E-state index contributed by atoms with van der Waals surface area (Å²) < 4.78 is 5.00. The molecule has 0 amide bonds. The topological polar surface area (TPSA) is 64.9 Å². The Hall–Kier alpha value is -0.900. The van der Waals surface area contributed by atoms with Crippen molar-refractivity contribution in [2.75, 3.05) is 0 Å². The van der Waals surface area contributed by atoms with Gasteiger partial charge in [0.05, 0.1) is 6.04 Å². The Morgan fingerprint density at radius 1 is 1.58 bits per heavy atom. The highest BCUT2D eigenvalue weighted by molar-refractivity contribution is 5.00. The Kier molecular flexibility index (Phi) is 1.84. The highest BCUT2D eigenvalue weighted by Crippen LogP contribution is 2.34. The molecule has 66 valence electrons. The minimum atomic E-state index is -0.147. The van der Waals surface area contributed by atoms with E-state index in [1.165, 1.54) is 19.3 Å². The molecule has 0 unspecified atom stereocenters. The van der Waals surface area contributed by atoms with Gasteiger partial charge in [0, 0.05) is 5.92 Å². The predicted molar refractivity (Wildman–Crippen MR) is 43.5 cm³/mol. The quantitative estimate of drug-likeness (QED) is 0.722. The van der Waals surface area contributed by atoms with Crippen molar-refractivity contribution >= 4 is 0 Å².